The quantitative estimate of drug-likeness (QED) is 0.537. The van der Waals surface area contributed by atoms with Gasteiger partial charge < -0.3 is 11.1 Å². The van der Waals surface area contributed by atoms with Crippen LogP contribution in [0.5, 0.6) is 0 Å². The number of hydrogen-bond acceptors (Lipinski definition) is 3. The van der Waals surface area contributed by atoms with Gasteiger partial charge in [-0.05, 0) is 32.0 Å². The van der Waals surface area contributed by atoms with Gasteiger partial charge in [0.25, 0.3) is 0 Å². The zero-order chi connectivity index (χ0) is 10.4. The van der Waals surface area contributed by atoms with Crippen molar-refractivity contribution in [3.63, 3.8) is 0 Å². The normalized spacial score (nSPS) is 9.29. The van der Waals surface area contributed by atoms with Gasteiger partial charge >= 0.3 is 0 Å². The topological polar surface area (TPSA) is 50.9 Å². The van der Waals surface area contributed by atoms with Crippen LogP contribution in [0.2, 0.25) is 0 Å². The number of rotatable bonds is 2. The highest BCUT2D eigenvalue weighted by molar-refractivity contribution is 5.45. The molecule has 1 rings (SSSR count). The van der Waals surface area contributed by atoms with Crippen LogP contribution in [0.4, 0.5) is 5.69 Å². The van der Waals surface area contributed by atoms with E-state index in [1.165, 1.54) is 0 Å². The van der Waals surface area contributed by atoms with Gasteiger partial charge in [0, 0.05) is 13.0 Å². The maximum absolute atomic E-state index is 5.64. The van der Waals surface area contributed by atoms with Gasteiger partial charge in [0.15, 0.2) is 0 Å². The maximum Gasteiger partial charge on any atom is 0.113 e. The molecule has 0 aliphatic heterocycles. The highest BCUT2D eigenvalue weighted by atomic mass is 14.8. The third kappa shape index (κ3) is 3.08. The van der Waals surface area contributed by atoms with Crippen LogP contribution in [-0.4, -0.2) is 18.6 Å². The van der Waals surface area contributed by atoms with E-state index < -0.39 is 0 Å². The summed E-state index contributed by atoms with van der Waals surface area (Å²) in [7, 11) is 1.91. The van der Waals surface area contributed by atoms with E-state index in [2.05, 4.69) is 22.1 Å². The van der Waals surface area contributed by atoms with Crippen molar-refractivity contribution in [1.29, 1.82) is 0 Å². The molecular formula is C11H15N3. The summed E-state index contributed by atoms with van der Waals surface area (Å²) in [4.78, 5) is 4.25. The van der Waals surface area contributed by atoms with Crippen LogP contribution in [0.15, 0.2) is 12.1 Å². The molecule has 0 saturated heterocycles. The Labute approximate surface area is 84.7 Å². The smallest absolute Gasteiger partial charge is 0.113 e. The summed E-state index contributed by atoms with van der Waals surface area (Å²) in [6.45, 7) is 2.79. The number of aromatic nitrogens is 1. The summed E-state index contributed by atoms with van der Waals surface area (Å²) < 4.78 is 0. The molecule has 3 heteroatoms. The van der Waals surface area contributed by atoms with E-state index in [-0.39, 0.29) is 0 Å². The van der Waals surface area contributed by atoms with Crippen molar-refractivity contribution in [2.75, 3.05) is 19.3 Å². The van der Waals surface area contributed by atoms with Crippen LogP contribution in [0, 0.1) is 18.8 Å². The van der Waals surface area contributed by atoms with Crippen molar-refractivity contribution in [1.82, 2.24) is 10.3 Å². The fraction of sp³-hybridized carbons (Fsp3) is 0.364. The number of nitrogens with two attached hydrogens (primary N) is 1. The van der Waals surface area contributed by atoms with E-state index in [1.807, 2.05) is 26.1 Å². The molecule has 1 aromatic heterocycles. The monoisotopic (exact) mass is 189 g/mol. The first-order valence-electron chi connectivity index (χ1n) is 4.60. The summed E-state index contributed by atoms with van der Waals surface area (Å²) in [6.07, 6.45) is 0.835. The number of aryl methyl sites for hydroxylation is 1. The van der Waals surface area contributed by atoms with E-state index in [0.717, 1.165) is 24.4 Å². The molecule has 0 spiro atoms. The molecular weight excluding hydrogens is 174 g/mol. The molecule has 0 amide bonds. The standard InChI is InChI=1S/C11H15N3/c1-9-11(12)7-6-10(14-9)5-3-4-8-13-2/h6-7,13H,4,8,12H2,1-2H3. The Morgan fingerprint density at radius 1 is 1.50 bits per heavy atom. The SMILES string of the molecule is CNCCC#Cc1ccc(N)c(C)n1. The Morgan fingerprint density at radius 2 is 2.29 bits per heavy atom. The summed E-state index contributed by atoms with van der Waals surface area (Å²) in [5.41, 5.74) is 7.98. The molecule has 0 aliphatic carbocycles. The number of hydrogen-bond donors (Lipinski definition) is 2. The van der Waals surface area contributed by atoms with Gasteiger partial charge in [-0.25, -0.2) is 4.98 Å². The van der Waals surface area contributed by atoms with Gasteiger partial charge in [-0.1, -0.05) is 5.92 Å². The van der Waals surface area contributed by atoms with Crippen LogP contribution >= 0.6 is 0 Å². The highest BCUT2D eigenvalue weighted by Crippen LogP contribution is 2.06. The number of nitrogens with zero attached hydrogens (tertiary/aromatic N) is 1. The fourth-order valence-corrected chi connectivity index (χ4v) is 0.982. The predicted octanol–water partition coefficient (Wildman–Crippen LogP) is 0.933. The molecule has 0 aromatic carbocycles. The Hall–Kier alpha value is -1.53. The van der Waals surface area contributed by atoms with Gasteiger partial charge in [0.05, 0.1) is 11.4 Å². The highest BCUT2D eigenvalue weighted by Gasteiger charge is 1.94. The molecule has 3 N–H and O–H groups in total. The lowest BCUT2D eigenvalue weighted by Gasteiger charge is -1.97. The minimum atomic E-state index is 0.714. The fourth-order valence-electron chi connectivity index (χ4n) is 0.982. The van der Waals surface area contributed by atoms with Crippen LogP contribution in [0.1, 0.15) is 17.8 Å². The average molecular weight is 189 g/mol. The molecule has 0 saturated carbocycles. The van der Waals surface area contributed by atoms with Crippen LogP contribution in [0.25, 0.3) is 0 Å². The maximum atomic E-state index is 5.64. The summed E-state index contributed by atoms with van der Waals surface area (Å²) in [5.74, 6) is 6.02. The number of nitrogen functional groups attached to an aromatic ring is 1. The Balaban J connectivity index is 2.66. The molecule has 14 heavy (non-hydrogen) atoms. The lowest BCUT2D eigenvalue weighted by atomic mass is 10.2. The second-order valence-corrected chi connectivity index (χ2v) is 3.03. The first kappa shape index (κ1) is 10.6. The number of anilines is 1. The largest absolute Gasteiger partial charge is 0.397 e. The van der Waals surface area contributed by atoms with Crippen molar-refractivity contribution in [2.45, 2.75) is 13.3 Å². The van der Waals surface area contributed by atoms with Gasteiger partial charge in [-0.15, -0.1) is 0 Å². The lowest BCUT2D eigenvalue weighted by molar-refractivity contribution is 0.818. The third-order valence-corrected chi connectivity index (χ3v) is 1.84. The average Bonchev–Trinajstić information content (AvgIpc) is 2.18. The van der Waals surface area contributed by atoms with Gasteiger partial charge in [-0.2, -0.15) is 0 Å². The number of pyridine rings is 1. The molecule has 0 radical (unpaired) electrons. The third-order valence-electron chi connectivity index (χ3n) is 1.84. The zero-order valence-electron chi connectivity index (χ0n) is 8.59. The van der Waals surface area contributed by atoms with Crippen molar-refractivity contribution in [2.24, 2.45) is 0 Å². The van der Waals surface area contributed by atoms with Gasteiger partial charge in [0.2, 0.25) is 0 Å². The van der Waals surface area contributed by atoms with Crippen molar-refractivity contribution in [3.05, 3.63) is 23.5 Å². The van der Waals surface area contributed by atoms with E-state index in [9.17, 15) is 0 Å². The van der Waals surface area contributed by atoms with Crippen molar-refractivity contribution in [3.8, 4) is 11.8 Å². The number of nitrogens with one attached hydrogen (secondary N) is 1. The van der Waals surface area contributed by atoms with Crippen molar-refractivity contribution < 1.29 is 0 Å². The summed E-state index contributed by atoms with van der Waals surface area (Å²) >= 11 is 0. The molecule has 0 aliphatic rings. The Bertz CT molecular complexity index is 361. The second-order valence-electron chi connectivity index (χ2n) is 3.03. The Kier molecular flexibility index (Phi) is 3.96. The zero-order valence-corrected chi connectivity index (χ0v) is 8.59. The molecule has 1 aromatic rings. The van der Waals surface area contributed by atoms with Crippen molar-refractivity contribution >= 4 is 5.69 Å². The van der Waals surface area contributed by atoms with Crippen LogP contribution in [0.3, 0.4) is 0 Å². The predicted molar refractivity (Wildman–Crippen MR) is 58.8 cm³/mol. The van der Waals surface area contributed by atoms with Gasteiger partial charge in [-0.3, -0.25) is 0 Å². The molecule has 0 atom stereocenters. The second kappa shape index (κ2) is 5.25. The minimum Gasteiger partial charge on any atom is -0.397 e. The minimum absolute atomic E-state index is 0.714. The van der Waals surface area contributed by atoms with Gasteiger partial charge in [0.1, 0.15) is 5.69 Å². The molecule has 1 heterocycles. The first-order valence-corrected chi connectivity index (χ1v) is 4.60. The van der Waals surface area contributed by atoms with E-state index in [0.29, 0.717) is 5.69 Å². The van der Waals surface area contributed by atoms with E-state index in [4.69, 9.17) is 5.73 Å². The molecule has 3 nitrogen and oxygen atoms in total. The molecule has 0 unspecified atom stereocenters. The van der Waals surface area contributed by atoms with E-state index >= 15 is 0 Å². The Morgan fingerprint density at radius 3 is 2.93 bits per heavy atom. The van der Waals surface area contributed by atoms with E-state index in [1.54, 1.807) is 0 Å². The summed E-state index contributed by atoms with van der Waals surface area (Å²) in [5, 5.41) is 3.03. The lowest BCUT2D eigenvalue weighted by Crippen LogP contribution is -2.05. The summed E-state index contributed by atoms with van der Waals surface area (Å²) in [6, 6.07) is 3.68. The first-order chi connectivity index (χ1) is 6.74. The molecule has 0 fully saturated rings. The molecule has 0 bridgehead atoms. The van der Waals surface area contributed by atoms with Crippen LogP contribution < -0.4 is 11.1 Å². The van der Waals surface area contributed by atoms with Crippen LogP contribution in [-0.2, 0) is 0 Å². The molecule has 74 valence electrons.